The predicted molar refractivity (Wildman–Crippen MR) is 119 cm³/mol. The maximum Gasteiger partial charge on any atom is 0.282 e. The number of rotatable bonds is 5. The summed E-state index contributed by atoms with van der Waals surface area (Å²) in [6.45, 7) is -0.236. The first-order valence-corrected chi connectivity index (χ1v) is 11.1. The first kappa shape index (κ1) is 21.6. The van der Waals surface area contributed by atoms with Gasteiger partial charge in [-0.05, 0) is 42.0 Å². The van der Waals surface area contributed by atoms with Crippen LogP contribution in [0.3, 0.4) is 0 Å². The van der Waals surface area contributed by atoms with E-state index in [1.807, 2.05) is 12.2 Å². The molecule has 1 heterocycles. The molecule has 4 atom stereocenters. The highest BCUT2D eigenvalue weighted by Gasteiger charge is 2.61. The summed E-state index contributed by atoms with van der Waals surface area (Å²) < 4.78 is 0. The van der Waals surface area contributed by atoms with Gasteiger partial charge in [0.2, 0.25) is 0 Å². The van der Waals surface area contributed by atoms with Gasteiger partial charge in [-0.3, -0.25) is 24.5 Å². The van der Waals surface area contributed by atoms with Crippen LogP contribution in [0, 0.1) is 33.8 Å². The predicted octanol–water partition coefficient (Wildman–Crippen LogP) is 4.27. The summed E-state index contributed by atoms with van der Waals surface area (Å²) in [6, 6.07) is 10.1. The van der Waals surface area contributed by atoms with Crippen LogP contribution >= 0.6 is 23.2 Å². The van der Waals surface area contributed by atoms with Gasteiger partial charge in [0, 0.05) is 16.1 Å². The second-order valence-corrected chi connectivity index (χ2v) is 9.20. The molecular formula is C23H17Cl2N3O5. The lowest BCUT2D eigenvalue weighted by Crippen LogP contribution is -2.50. The van der Waals surface area contributed by atoms with E-state index in [1.165, 1.54) is 30.3 Å². The fraction of sp³-hybridized carbons (Fsp3) is 0.261. The summed E-state index contributed by atoms with van der Waals surface area (Å²) >= 11 is 12.3. The molecule has 1 aliphatic heterocycles. The van der Waals surface area contributed by atoms with Crippen molar-refractivity contribution in [2.75, 3.05) is 0 Å². The van der Waals surface area contributed by atoms with Crippen molar-refractivity contribution in [3.8, 4) is 0 Å². The van der Waals surface area contributed by atoms with E-state index in [2.05, 4.69) is 0 Å². The third-order valence-electron chi connectivity index (χ3n) is 6.59. The molecule has 8 nitrogen and oxygen atoms in total. The normalized spacial score (nSPS) is 25.0. The molecule has 33 heavy (non-hydrogen) atoms. The first-order chi connectivity index (χ1) is 15.8. The maximum atomic E-state index is 13.6. The van der Waals surface area contributed by atoms with E-state index < -0.39 is 40.2 Å². The molecule has 0 radical (unpaired) electrons. The number of benzene rings is 2. The zero-order valence-electron chi connectivity index (χ0n) is 17.1. The van der Waals surface area contributed by atoms with Gasteiger partial charge in [-0.1, -0.05) is 53.6 Å². The van der Waals surface area contributed by atoms with Gasteiger partial charge in [-0.25, -0.2) is 5.01 Å². The van der Waals surface area contributed by atoms with Crippen LogP contribution in [0.2, 0.25) is 10.0 Å². The highest BCUT2D eigenvalue weighted by molar-refractivity contribution is 6.35. The zero-order valence-corrected chi connectivity index (χ0v) is 18.6. The summed E-state index contributed by atoms with van der Waals surface area (Å²) in [5.41, 5.74) is -0.214. The molecule has 0 spiro atoms. The van der Waals surface area contributed by atoms with Gasteiger partial charge >= 0.3 is 0 Å². The number of nitrogens with zero attached hydrogens (tertiary/aromatic N) is 3. The summed E-state index contributed by atoms with van der Waals surface area (Å²) in [7, 11) is 0. The number of fused-ring (bicyclic) bond motifs is 5. The van der Waals surface area contributed by atoms with E-state index in [9.17, 15) is 24.5 Å². The van der Waals surface area contributed by atoms with Crippen LogP contribution in [0.15, 0.2) is 54.6 Å². The molecule has 10 heteroatoms. The van der Waals surface area contributed by atoms with Crippen molar-refractivity contribution in [2.45, 2.75) is 13.0 Å². The van der Waals surface area contributed by atoms with Crippen LogP contribution in [-0.2, 0) is 16.1 Å². The fourth-order valence-electron chi connectivity index (χ4n) is 5.12. The van der Waals surface area contributed by atoms with Crippen LogP contribution in [0.5, 0.6) is 0 Å². The number of allylic oxidation sites excluding steroid dienone is 2. The molecule has 2 aromatic carbocycles. The summed E-state index contributed by atoms with van der Waals surface area (Å²) in [4.78, 5) is 51.3. The Hall–Kier alpha value is -3.23. The number of imide groups is 1. The lowest BCUT2D eigenvalue weighted by atomic mass is 9.85. The molecule has 1 saturated heterocycles. The Kier molecular flexibility index (Phi) is 5.22. The zero-order chi connectivity index (χ0) is 23.4. The molecule has 2 aliphatic carbocycles. The summed E-state index contributed by atoms with van der Waals surface area (Å²) in [6.07, 6.45) is 4.64. The number of carbonyl (C=O) groups excluding carboxylic acids is 3. The van der Waals surface area contributed by atoms with Crippen molar-refractivity contribution < 1.29 is 19.3 Å². The molecule has 3 aliphatic rings. The van der Waals surface area contributed by atoms with Gasteiger partial charge < -0.3 is 0 Å². The van der Waals surface area contributed by atoms with Crippen molar-refractivity contribution in [3.05, 3.63) is 85.9 Å². The fourth-order valence-corrected chi connectivity index (χ4v) is 5.59. The number of para-hydroxylation sites is 1. The van der Waals surface area contributed by atoms with Gasteiger partial charge in [0.15, 0.2) is 0 Å². The molecule has 2 bridgehead atoms. The Morgan fingerprint density at radius 1 is 1.06 bits per heavy atom. The number of hydrogen-bond acceptors (Lipinski definition) is 5. The maximum absolute atomic E-state index is 13.6. The molecule has 1 saturated carbocycles. The van der Waals surface area contributed by atoms with E-state index in [-0.39, 0.29) is 29.0 Å². The number of carbonyl (C=O) groups is 3. The quantitative estimate of drug-likeness (QED) is 0.272. The standard InChI is InChI=1S/C23H17Cl2N3O5/c24-15-8-7-14(17(25)10-15)11-26(21(29)16-3-1-2-4-18(16)28(32)33)27-22(30)19-12-5-6-13(9-12)20(19)23(27)31/h1-8,10,12-13,19-20H,9,11H2/t12-,13-,19-,20-/m0/s1. The molecule has 2 aromatic rings. The molecule has 3 amide bonds. The van der Waals surface area contributed by atoms with Crippen LogP contribution < -0.4 is 0 Å². The third kappa shape index (κ3) is 3.41. The van der Waals surface area contributed by atoms with E-state index in [0.29, 0.717) is 10.6 Å². The molecular weight excluding hydrogens is 469 g/mol. The Labute approximate surface area is 198 Å². The Morgan fingerprint density at radius 2 is 1.70 bits per heavy atom. The van der Waals surface area contributed by atoms with Crippen LogP contribution in [-0.4, -0.2) is 32.7 Å². The van der Waals surface area contributed by atoms with Crippen LogP contribution in [0.1, 0.15) is 22.3 Å². The molecule has 0 unspecified atom stereocenters. The Morgan fingerprint density at radius 3 is 2.30 bits per heavy atom. The monoisotopic (exact) mass is 485 g/mol. The van der Waals surface area contributed by atoms with Gasteiger partial charge in [0.25, 0.3) is 23.4 Å². The highest BCUT2D eigenvalue weighted by Crippen LogP contribution is 2.53. The van der Waals surface area contributed by atoms with Crippen molar-refractivity contribution in [1.29, 1.82) is 0 Å². The van der Waals surface area contributed by atoms with E-state index in [0.717, 1.165) is 16.4 Å². The van der Waals surface area contributed by atoms with Crippen molar-refractivity contribution in [1.82, 2.24) is 10.0 Å². The highest BCUT2D eigenvalue weighted by atomic mass is 35.5. The van der Waals surface area contributed by atoms with E-state index in [4.69, 9.17) is 23.2 Å². The second-order valence-electron chi connectivity index (χ2n) is 8.36. The van der Waals surface area contributed by atoms with E-state index >= 15 is 0 Å². The van der Waals surface area contributed by atoms with Crippen molar-refractivity contribution in [2.24, 2.45) is 23.7 Å². The third-order valence-corrected chi connectivity index (χ3v) is 7.18. The first-order valence-electron chi connectivity index (χ1n) is 10.3. The Balaban J connectivity index is 1.58. The second kappa shape index (κ2) is 7.97. The summed E-state index contributed by atoms with van der Waals surface area (Å²) in [5, 5.41) is 14.0. The molecule has 2 fully saturated rings. The van der Waals surface area contributed by atoms with Crippen LogP contribution in [0.4, 0.5) is 5.69 Å². The smallest absolute Gasteiger partial charge is 0.272 e. The van der Waals surface area contributed by atoms with Crippen molar-refractivity contribution in [3.63, 3.8) is 0 Å². The van der Waals surface area contributed by atoms with Gasteiger partial charge in [-0.2, -0.15) is 5.01 Å². The average Bonchev–Trinajstić information content (AvgIpc) is 3.47. The van der Waals surface area contributed by atoms with Gasteiger partial charge in [-0.15, -0.1) is 0 Å². The molecule has 168 valence electrons. The number of nitro benzene ring substituents is 1. The average molecular weight is 486 g/mol. The topological polar surface area (TPSA) is 101 Å². The number of hydrazine groups is 1. The number of halogens is 2. The number of hydrogen-bond donors (Lipinski definition) is 0. The SMILES string of the molecule is O=C(c1ccccc1[N+](=O)[O-])N(Cc1ccc(Cl)cc1Cl)N1C(=O)[C@@H]2[C@@H](C1=O)[C@H]1C=C[C@H]2C1. The largest absolute Gasteiger partial charge is 0.282 e. The number of nitro groups is 1. The van der Waals surface area contributed by atoms with Gasteiger partial charge in [0.1, 0.15) is 5.56 Å². The summed E-state index contributed by atoms with van der Waals surface area (Å²) in [5.74, 6) is -2.95. The van der Waals surface area contributed by atoms with Crippen LogP contribution in [0.25, 0.3) is 0 Å². The van der Waals surface area contributed by atoms with E-state index in [1.54, 1.807) is 12.1 Å². The molecule has 0 aromatic heterocycles. The lowest BCUT2D eigenvalue weighted by Gasteiger charge is -2.31. The molecule has 0 N–H and O–H groups in total. The molecule has 5 rings (SSSR count). The lowest BCUT2D eigenvalue weighted by molar-refractivity contribution is -0.385. The van der Waals surface area contributed by atoms with Gasteiger partial charge in [0.05, 0.1) is 23.3 Å². The minimum Gasteiger partial charge on any atom is -0.272 e. The number of amides is 3. The van der Waals surface area contributed by atoms with Crippen molar-refractivity contribution >= 4 is 46.6 Å². The minimum absolute atomic E-state index is 0.0522. The Bertz CT molecular complexity index is 1220. The minimum atomic E-state index is -0.838.